The zero-order valence-corrected chi connectivity index (χ0v) is 13.5. The van der Waals surface area contributed by atoms with Gasteiger partial charge in [0.1, 0.15) is 0 Å². The fraction of sp³-hybridized carbons (Fsp3) is 0.538. The molecule has 4 nitrogen and oxygen atoms in total. The van der Waals surface area contributed by atoms with Gasteiger partial charge in [-0.25, -0.2) is 8.42 Å². The summed E-state index contributed by atoms with van der Waals surface area (Å²) in [5.74, 6) is 0.956. The fourth-order valence-corrected chi connectivity index (χ4v) is 4.92. The van der Waals surface area contributed by atoms with E-state index in [1.54, 1.807) is 22.5 Å². The van der Waals surface area contributed by atoms with Gasteiger partial charge in [0.25, 0.3) is 0 Å². The Morgan fingerprint density at radius 2 is 2.00 bits per heavy atom. The van der Waals surface area contributed by atoms with E-state index in [4.69, 9.17) is 5.73 Å². The zero-order chi connectivity index (χ0) is 14.2. The van der Waals surface area contributed by atoms with E-state index < -0.39 is 10.0 Å². The standard InChI is InChI=1S/C13H19BrN2O2S/c1-9-5-6-16(8-10(9)2)19(17,18)13-4-3-11(15)7-12(13)14/h3-4,7,9-10H,5-6,8,15H2,1-2H3. The van der Waals surface area contributed by atoms with E-state index in [0.717, 1.165) is 6.42 Å². The second-order valence-electron chi connectivity index (χ2n) is 5.30. The Morgan fingerprint density at radius 1 is 1.32 bits per heavy atom. The molecule has 0 radical (unpaired) electrons. The quantitative estimate of drug-likeness (QED) is 0.837. The molecule has 1 aliphatic rings. The molecule has 1 fully saturated rings. The van der Waals surface area contributed by atoms with Crippen molar-refractivity contribution in [2.45, 2.75) is 25.2 Å². The molecule has 0 aromatic heterocycles. The molecule has 0 aliphatic carbocycles. The van der Waals surface area contributed by atoms with Crippen molar-refractivity contribution >= 4 is 31.6 Å². The number of nitrogen functional groups attached to an aromatic ring is 1. The lowest BCUT2D eigenvalue weighted by Crippen LogP contribution is -2.42. The summed E-state index contributed by atoms with van der Waals surface area (Å²) in [6.07, 6.45) is 0.910. The summed E-state index contributed by atoms with van der Waals surface area (Å²) in [6, 6.07) is 4.81. The van der Waals surface area contributed by atoms with Gasteiger partial charge in [-0.15, -0.1) is 0 Å². The van der Waals surface area contributed by atoms with Crippen molar-refractivity contribution in [2.75, 3.05) is 18.8 Å². The largest absolute Gasteiger partial charge is 0.399 e. The van der Waals surface area contributed by atoms with Gasteiger partial charge in [-0.2, -0.15) is 4.31 Å². The molecule has 1 saturated heterocycles. The lowest BCUT2D eigenvalue weighted by molar-refractivity contribution is 0.212. The third kappa shape index (κ3) is 2.95. The first-order chi connectivity index (χ1) is 8.82. The molecular weight excluding hydrogens is 328 g/mol. The Kier molecular flexibility index (Phi) is 4.23. The molecule has 0 saturated carbocycles. The minimum Gasteiger partial charge on any atom is -0.399 e. The first-order valence-corrected chi connectivity index (χ1v) is 8.61. The number of benzene rings is 1. The van der Waals surface area contributed by atoms with Gasteiger partial charge in [-0.1, -0.05) is 13.8 Å². The van der Waals surface area contributed by atoms with Gasteiger partial charge in [0.2, 0.25) is 10.0 Å². The molecular formula is C13H19BrN2O2S. The van der Waals surface area contributed by atoms with E-state index in [-0.39, 0.29) is 0 Å². The van der Waals surface area contributed by atoms with Crippen molar-refractivity contribution in [3.8, 4) is 0 Å². The van der Waals surface area contributed by atoms with E-state index in [2.05, 4.69) is 29.8 Å². The highest BCUT2D eigenvalue weighted by molar-refractivity contribution is 9.10. The van der Waals surface area contributed by atoms with E-state index in [1.165, 1.54) is 0 Å². The Bertz CT molecular complexity index is 574. The molecule has 0 bridgehead atoms. The highest BCUT2D eigenvalue weighted by Gasteiger charge is 2.32. The van der Waals surface area contributed by atoms with Crippen LogP contribution in [0.1, 0.15) is 20.3 Å². The first kappa shape index (κ1) is 14.8. The smallest absolute Gasteiger partial charge is 0.244 e. The summed E-state index contributed by atoms with van der Waals surface area (Å²) in [7, 11) is -3.43. The molecule has 1 heterocycles. The van der Waals surface area contributed by atoms with Crippen molar-refractivity contribution in [3.05, 3.63) is 22.7 Å². The van der Waals surface area contributed by atoms with Crippen LogP contribution >= 0.6 is 15.9 Å². The van der Waals surface area contributed by atoms with Crippen molar-refractivity contribution < 1.29 is 8.42 Å². The normalized spacial score (nSPS) is 25.4. The summed E-state index contributed by atoms with van der Waals surface area (Å²) in [6.45, 7) is 5.45. The predicted molar refractivity (Wildman–Crippen MR) is 80.3 cm³/mol. The number of piperidine rings is 1. The van der Waals surface area contributed by atoms with Gasteiger partial charge in [0.15, 0.2) is 0 Å². The molecule has 0 spiro atoms. The molecule has 1 aromatic rings. The average molecular weight is 347 g/mol. The number of nitrogens with two attached hydrogens (primary N) is 1. The number of sulfonamides is 1. The van der Waals surface area contributed by atoms with Crippen LogP contribution in [0, 0.1) is 11.8 Å². The maximum absolute atomic E-state index is 12.6. The number of anilines is 1. The maximum atomic E-state index is 12.6. The average Bonchev–Trinajstić information content (AvgIpc) is 2.32. The van der Waals surface area contributed by atoms with Gasteiger partial charge in [-0.05, 0) is 52.4 Å². The van der Waals surface area contributed by atoms with Gasteiger partial charge in [0, 0.05) is 23.2 Å². The molecule has 2 unspecified atom stereocenters. The van der Waals surface area contributed by atoms with Crippen molar-refractivity contribution in [1.29, 1.82) is 0 Å². The maximum Gasteiger partial charge on any atom is 0.244 e. The Labute approximate surface area is 123 Å². The monoisotopic (exact) mass is 346 g/mol. The molecule has 1 aromatic carbocycles. The minimum absolute atomic E-state index is 0.295. The van der Waals surface area contributed by atoms with E-state index in [1.807, 2.05) is 0 Å². The number of halogens is 1. The molecule has 0 amide bonds. The molecule has 2 atom stereocenters. The van der Waals surface area contributed by atoms with Crippen molar-refractivity contribution in [3.63, 3.8) is 0 Å². The van der Waals surface area contributed by atoms with Crippen molar-refractivity contribution in [2.24, 2.45) is 11.8 Å². The minimum atomic E-state index is -3.43. The van der Waals surface area contributed by atoms with Crippen molar-refractivity contribution in [1.82, 2.24) is 4.31 Å². The van der Waals surface area contributed by atoms with Crippen LogP contribution in [0.3, 0.4) is 0 Å². The van der Waals surface area contributed by atoms with Crippen LogP contribution in [0.15, 0.2) is 27.6 Å². The lowest BCUT2D eigenvalue weighted by atomic mass is 9.90. The summed E-state index contributed by atoms with van der Waals surface area (Å²) >= 11 is 3.29. The molecule has 2 N–H and O–H groups in total. The van der Waals surface area contributed by atoms with Crippen LogP contribution in [-0.2, 0) is 10.0 Å². The van der Waals surface area contributed by atoms with Crippen LogP contribution in [0.5, 0.6) is 0 Å². The molecule has 6 heteroatoms. The highest BCUT2D eigenvalue weighted by atomic mass is 79.9. The summed E-state index contributed by atoms with van der Waals surface area (Å²) in [4.78, 5) is 0.295. The topological polar surface area (TPSA) is 63.4 Å². The van der Waals surface area contributed by atoms with Gasteiger partial charge in [0.05, 0.1) is 4.90 Å². The third-order valence-electron chi connectivity index (χ3n) is 3.87. The molecule has 106 valence electrons. The first-order valence-electron chi connectivity index (χ1n) is 6.37. The van der Waals surface area contributed by atoms with Gasteiger partial charge >= 0.3 is 0 Å². The fourth-order valence-electron chi connectivity index (χ4n) is 2.31. The van der Waals surface area contributed by atoms with Crippen LogP contribution in [0.2, 0.25) is 0 Å². The van der Waals surface area contributed by atoms with Crippen LogP contribution < -0.4 is 5.73 Å². The van der Waals surface area contributed by atoms with E-state index >= 15 is 0 Å². The second-order valence-corrected chi connectivity index (χ2v) is 8.06. The SMILES string of the molecule is CC1CCN(S(=O)(=O)c2ccc(N)cc2Br)CC1C. The summed E-state index contributed by atoms with van der Waals surface area (Å²) < 4.78 is 27.4. The van der Waals surface area contributed by atoms with Crippen LogP contribution in [0.4, 0.5) is 5.69 Å². The highest BCUT2D eigenvalue weighted by Crippen LogP contribution is 2.31. The molecule has 1 aliphatic heterocycles. The van der Waals surface area contributed by atoms with Crippen LogP contribution in [0.25, 0.3) is 0 Å². The Hall–Kier alpha value is -0.590. The predicted octanol–water partition coefficient (Wildman–Crippen LogP) is 2.70. The summed E-state index contributed by atoms with van der Waals surface area (Å²) in [5.41, 5.74) is 6.20. The number of rotatable bonds is 2. The molecule has 2 rings (SSSR count). The van der Waals surface area contributed by atoms with Gasteiger partial charge < -0.3 is 5.73 Å². The second kappa shape index (κ2) is 5.42. The number of nitrogens with zero attached hydrogens (tertiary/aromatic N) is 1. The Morgan fingerprint density at radius 3 is 2.58 bits per heavy atom. The number of hydrogen-bond acceptors (Lipinski definition) is 3. The number of hydrogen-bond donors (Lipinski definition) is 1. The summed E-state index contributed by atoms with van der Waals surface area (Å²) in [5, 5.41) is 0. The van der Waals surface area contributed by atoms with E-state index in [9.17, 15) is 8.42 Å². The molecule has 19 heavy (non-hydrogen) atoms. The lowest BCUT2D eigenvalue weighted by Gasteiger charge is -2.34. The third-order valence-corrected chi connectivity index (χ3v) is 6.71. The van der Waals surface area contributed by atoms with Crippen LogP contribution in [-0.4, -0.2) is 25.8 Å². The van der Waals surface area contributed by atoms with Gasteiger partial charge in [-0.3, -0.25) is 0 Å². The van der Waals surface area contributed by atoms with E-state index in [0.29, 0.717) is 40.0 Å². The zero-order valence-electron chi connectivity index (χ0n) is 11.1. The Balaban J connectivity index is 2.32.